The van der Waals surface area contributed by atoms with Gasteiger partial charge < -0.3 is 15.2 Å². The number of pyridine rings is 1. The van der Waals surface area contributed by atoms with Crippen LogP contribution in [-0.4, -0.2) is 31.3 Å². The zero-order chi connectivity index (χ0) is 22.2. The van der Waals surface area contributed by atoms with Crippen molar-refractivity contribution in [1.29, 1.82) is 0 Å². The maximum Gasteiger partial charge on any atom is 0.295 e. The van der Waals surface area contributed by atoms with Gasteiger partial charge in [0.1, 0.15) is 11.5 Å². The van der Waals surface area contributed by atoms with E-state index in [-0.39, 0.29) is 29.5 Å². The summed E-state index contributed by atoms with van der Waals surface area (Å²) in [6, 6.07) is 3.64. The summed E-state index contributed by atoms with van der Waals surface area (Å²) in [5, 5.41) is 13.6. The first-order valence-corrected chi connectivity index (χ1v) is 9.51. The molecule has 0 spiro atoms. The summed E-state index contributed by atoms with van der Waals surface area (Å²) in [6.45, 7) is 8.72. The lowest BCUT2D eigenvalue weighted by Crippen LogP contribution is -2.39. The van der Waals surface area contributed by atoms with Gasteiger partial charge in [-0.2, -0.15) is 4.98 Å². The normalized spacial score (nSPS) is 13.0. The summed E-state index contributed by atoms with van der Waals surface area (Å²) in [5.41, 5.74) is -1.16. The van der Waals surface area contributed by atoms with Crippen LogP contribution in [0.3, 0.4) is 0 Å². The van der Waals surface area contributed by atoms with Crippen LogP contribution in [0.1, 0.15) is 40.7 Å². The molecule has 0 saturated carbocycles. The van der Waals surface area contributed by atoms with Gasteiger partial charge in [0.05, 0.1) is 11.6 Å². The number of anilines is 1. The number of hydrogen-bond acceptors (Lipinski definition) is 6. The van der Waals surface area contributed by atoms with Crippen molar-refractivity contribution < 1.29 is 18.6 Å². The molecule has 7 nitrogen and oxygen atoms in total. The van der Waals surface area contributed by atoms with Crippen molar-refractivity contribution in [2.24, 2.45) is 0 Å². The molecule has 160 valence electrons. The molecule has 2 heterocycles. The molecule has 0 radical (unpaired) electrons. The van der Waals surface area contributed by atoms with Crippen LogP contribution in [-0.2, 0) is 0 Å². The third-order valence-electron chi connectivity index (χ3n) is 4.78. The largest absolute Gasteiger partial charge is 0.448 e. The lowest BCUT2D eigenvalue weighted by molar-refractivity contribution is 0.0646. The maximum atomic E-state index is 14.0. The van der Waals surface area contributed by atoms with Crippen LogP contribution in [0.5, 0.6) is 11.5 Å². The fourth-order valence-electron chi connectivity index (χ4n) is 2.76. The van der Waals surface area contributed by atoms with Crippen LogP contribution in [0.25, 0.3) is 11.0 Å². The number of nitrogens with one attached hydrogen (secondary N) is 1. The molecule has 3 rings (SSSR count). The Balaban J connectivity index is 2.09. The van der Waals surface area contributed by atoms with Crippen molar-refractivity contribution in [1.82, 2.24) is 14.5 Å². The van der Waals surface area contributed by atoms with Crippen LogP contribution in [0.15, 0.2) is 35.3 Å². The lowest BCUT2D eigenvalue weighted by Gasteiger charge is -2.26. The molecular formula is C21H24F2N4O3. The van der Waals surface area contributed by atoms with Gasteiger partial charge >= 0.3 is 0 Å². The molecule has 0 fully saturated rings. The Morgan fingerprint density at radius 1 is 1.17 bits per heavy atom. The Kier molecular flexibility index (Phi) is 5.76. The van der Waals surface area contributed by atoms with E-state index in [4.69, 9.17) is 4.74 Å². The lowest BCUT2D eigenvalue weighted by atomic mass is 10.0. The van der Waals surface area contributed by atoms with Gasteiger partial charge in [0.15, 0.2) is 17.3 Å². The molecule has 0 aliphatic carbocycles. The second kappa shape index (κ2) is 7.98. The van der Waals surface area contributed by atoms with Gasteiger partial charge in [0.25, 0.3) is 5.56 Å². The molecule has 0 unspecified atom stereocenters. The molecule has 9 heteroatoms. The van der Waals surface area contributed by atoms with Gasteiger partial charge in [-0.1, -0.05) is 0 Å². The van der Waals surface area contributed by atoms with Gasteiger partial charge in [-0.05, 0) is 52.8 Å². The maximum absolute atomic E-state index is 14.0. The number of nitrogens with zero attached hydrogens (tertiary/aromatic N) is 3. The summed E-state index contributed by atoms with van der Waals surface area (Å²) in [5.74, 6) is -1.80. The first kappa shape index (κ1) is 21.6. The molecule has 2 N–H and O–H groups in total. The molecule has 3 aromatic rings. The molecule has 0 bridgehead atoms. The molecule has 1 aromatic carbocycles. The topological polar surface area (TPSA) is 89.3 Å². The Hall–Kier alpha value is -3.07. The highest BCUT2D eigenvalue weighted by Gasteiger charge is 2.23. The van der Waals surface area contributed by atoms with Crippen LogP contribution < -0.4 is 15.6 Å². The molecule has 0 aliphatic rings. The zero-order valence-corrected chi connectivity index (χ0v) is 17.4. The fourth-order valence-corrected chi connectivity index (χ4v) is 2.76. The fraction of sp³-hybridized carbons (Fsp3) is 0.381. The number of fused-ring (bicyclic) bond motifs is 1. The van der Waals surface area contributed by atoms with Crippen molar-refractivity contribution in [3.63, 3.8) is 0 Å². The van der Waals surface area contributed by atoms with Crippen molar-refractivity contribution in [3.05, 3.63) is 52.5 Å². The number of aliphatic hydroxyl groups is 1. The third-order valence-corrected chi connectivity index (χ3v) is 4.78. The van der Waals surface area contributed by atoms with Crippen molar-refractivity contribution in [2.45, 2.75) is 52.3 Å². The highest BCUT2D eigenvalue weighted by molar-refractivity contribution is 5.77. The second-order valence-corrected chi connectivity index (χ2v) is 7.95. The monoisotopic (exact) mass is 418 g/mol. The number of halogens is 2. The predicted octanol–water partition coefficient (Wildman–Crippen LogP) is 4.01. The summed E-state index contributed by atoms with van der Waals surface area (Å²) in [6.07, 6.45) is 1.51. The predicted molar refractivity (Wildman–Crippen MR) is 110 cm³/mol. The number of aromatic nitrogens is 3. The van der Waals surface area contributed by atoms with Crippen molar-refractivity contribution in [2.75, 3.05) is 5.32 Å². The Morgan fingerprint density at radius 3 is 2.47 bits per heavy atom. The van der Waals surface area contributed by atoms with Gasteiger partial charge in [0.2, 0.25) is 5.95 Å². The van der Waals surface area contributed by atoms with E-state index in [1.54, 1.807) is 34.6 Å². The van der Waals surface area contributed by atoms with Crippen LogP contribution >= 0.6 is 0 Å². The van der Waals surface area contributed by atoms with E-state index in [1.807, 2.05) is 0 Å². The minimum atomic E-state index is -1.01. The number of hydrogen-bond donors (Lipinski definition) is 2. The van der Waals surface area contributed by atoms with E-state index in [2.05, 4.69) is 15.3 Å². The number of rotatable bonds is 6. The molecule has 2 aromatic heterocycles. The van der Waals surface area contributed by atoms with E-state index in [0.29, 0.717) is 17.1 Å². The Labute approximate surface area is 172 Å². The molecular weight excluding hydrogens is 394 g/mol. The molecule has 1 atom stereocenters. The molecule has 0 amide bonds. The minimum Gasteiger partial charge on any atom is -0.448 e. The minimum absolute atomic E-state index is 0.129. The van der Waals surface area contributed by atoms with Gasteiger partial charge in [-0.25, -0.2) is 13.8 Å². The first-order chi connectivity index (χ1) is 14.0. The van der Waals surface area contributed by atoms with E-state index in [0.717, 1.165) is 12.1 Å². The van der Waals surface area contributed by atoms with Crippen molar-refractivity contribution in [3.8, 4) is 11.5 Å². The highest BCUT2D eigenvalue weighted by atomic mass is 19.1. The van der Waals surface area contributed by atoms with Gasteiger partial charge in [-0.3, -0.25) is 9.36 Å². The summed E-state index contributed by atoms with van der Waals surface area (Å²) in [4.78, 5) is 21.7. The SMILES string of the molecule is CC(C)n1c(=O)c(Oc2ccc(F)cc2F)cc2cnc(N[C@@H](C)C(C)(C)O)nc21. The molecule has 30 heavy (non-hydrogen) atoms. The number of ether oxygens (including phenoxy) is 1. The quantitative estimate of drug-likeness (QED) is 0.629. The summed E-state index contributed by atoms with van der Waals surface area (Å²) >= 11 is 0. The highest BCUT2D eigenvalue weighted by Crippen LogP contribution is 2.26. The average Bonchev–Trinajstić information content (AvgIpc) is 2.63. The smallest absolute Gasteiger partial charge is 0.295 e. The van der Waals surface area contributed by atoms with E-state index >= 15 is 0 Å². The first-order valence-electron chi connectivity index (χ1n) is 9.51. The van der Waals surface area contributed by atoms with Crippen LogP contribution in [0, 0.1) is 11.6 Å². The van der Waals surface area contributed by atoms with Gasteiger partial charge in [-0.15, -0.1) is 0 Å². The van der Waals surface area contributed by atoms with Crippen LogP contribution in [0.2, 0.25) is 0 Å². The standard InChI is InChI=1S/C21H24F2N4O3/c1-11(2)27-18-13(10-24-20(26-18)25-12(3)21(4,5)29)8-17(19(27)28)30-16-7-6-14(22)9-15(16)23/h6-12,29H,1-5H3,(H,24,25,26)/t12-/m0/s1. The van der Waals surface area contributed by atoms with Crippen molar-refractivity contribution >= 4 is 17.0 Å². The second-order valence-electron chi connectivity index (χ2n) is 7.95. The molecule has 0 aliphatic heterocycles. The van der Waals surface area contributed by atoms with Crippen LogP contribution in [0.4, 0.5) is 14.7 Å². The third kappa shape index (κ3) is 4.40. The summed E-state index contributed by atoms with van der Waals surface area (Å²) < 4.78 is 34.0. The Bertz CT molecular complexity index is 1140. The van der Waals surface area contributed by atoms with E-state index in [9.17, 15) is 18.7 Å². The molecule has 0 saturated heterocycles. The average molecular weight is 418 g/mol. The summed E-state index contributed by atoms with van der Waals surface area (Å²) in [7, 11) is 0. The van der Waals surface area contributed by atoms with E-state index < -0.39 is 22.8 Å². The Morgan fingerprint density at radius 2 is 1.87 bits per heavy atom. The van der Waals surface area contributed by atoms with E-state index in [1.165, 1.54) is 16.8 Å². The number of benzene rings is 1. The van der Waals surface area contributed by atoms with Gasteiger partial charge in [0, 0.05) is 23.7 Å². The zero-order valence-electron chi connectivity index (χ0n) is 17.4.